The fourth-order valence-electron chi connectivity index (χ4n) is 2.65. The number of hydrogen-bond donors (Lipinski definition) is 2. The van der Waals surface area contributed by atoms with Crippen molar-refractivity contribution in [3.05, 3.63) is 65.2 Å². The molecule has 3 aromatic rings. The summed E-state index contributed by atoms with van der Waals surface area (Å²) in [5.74, 6) is -0.277. The third kappa shape index (κ3) is 4.77. The summed E-state index contributed by atoms with van der Waals surface area (Å²) in [6.45, 7) is 3.03. The average molecular weight is 380 g/mol. The van der Waals surface area contributed by atoms with Crippen LogP contribution < -0.4 is 10.6 Å². The fraction of sp³-hybridized carbons (Fsp3) is 0.200. The molecule has 0 spiro atoms. The second kappa shape index (κ2) is 9.05. The SMILES string of the molecule is CCCCNc1ccc(C(=O)Nc2ncc(N=O)s2)c(-c2ccccc2)c1. The highest BCUT2D eigenvalue weighted by molar-refractivity contribution is 7.19. The Morgan fingerprint density at radius 2 is 2.00 bits per heavy atom. The first-order valence-electron chi connectivity index (χ1n) is 8.75. The molecule has 7 heteroatoms. The van der Waals surface area contributed by atoms with Gasteiger partial charge in [-0.1, -0.05) is 55.0 Å². The van der Waals surface area contributed by atoms with Gasteiger partial charge in [0.2, 0.25) is 0 Å². The van der Waals surface area contributed by atoms with E-state index >= 15 is 0 Å². The molecule has 138 valence electrons. The van der Waals surface area contributed by atoms with Crippen LogP contribution in [-0.4, -0.2) is 17.4 Å². The van der Waals surface area contributed by atoms with Crippen LogP contribution in [0.5, 0.6) is 0 Å². The highest BCUT2D eigenvalue weighted by atomic mass is 32.1. The summed E-state index contributed by atoms with van der Waals surface area (Å²) in [5.41, 5.74) is 3.30. The molecule has 27 heavy (non-hydrogen) atoms. The molecule has 6 nitrogen and oxygen atoms in total. The first kappa shape index (κ1) is 18.7. The van der Waals surface area contributed by atoms with Crippen LogP contribution >= 0.6 is 11.3 Å². The Kier molecular flexibility index (Phi) is 6.27. The maximum absolute atomic E-state index is 12.8. The molecule has 3 rings (SSSR count). The van der Waals surface area contributed by atoms with Crippen molar-refractivity contribution >= 4 is 33.1 Å². The first-order valence-corrected chi connectivity index (χ1v) is 9.56. The van der Waals surface area contributed by atoms with E-state index in [2.05, 4.69) is 27.7 Å². The summed E-state index contributed by atoms with van der Waals surface area (Å²) < 4.78 is 0. The Morgan fingerprint density at radius 1 is 1.19 bits per heavy atom. The molecule has 0 fully saturated rings. The number of rotatable bonds is 8. The topological polar surface area (TPSA) is 83.4 Å². The van der Waals surface area contributed by atoms with Crippen LogP contribution in [0.15, 0.2) is 59.9 Å². The van der Waals surface area contributed by atoms with Crippen molar-refractivity contribution in [1.29, 1.82) is 0 Å². The van der Waals surface area contributed by atoms with Crippen LogP contribution in [0.25, 0.3) is 11.1 Å². The van der Waals surface area contributed by atoms with E-state index in [0.717, 1.165) is 47.5 Å². The lowest BCUT2D eigenvalue weighted by molar-refractivity contribution is 0.102. The van der Waals surface area contributed by atoms with Crippen LogP contribution in [0.2, 0.25) is 0 Å². The predicted octanol–water partition coefficient (Wildman–Crippen LogP) is 5.67. The molecule has 0 saturated heterocycles. The minimum atomic E-state index is -0.277. The first-order chi connectivity index (χ1) is 13.2. The zero-order chi connectivity index (χ0) is 19.1. The molecule has 0 bridgehead atoms. The summed E-state index contributed by atoms with van der Waals surface area (Å²) in [7, 11) is 0. The number of benzene rings is 2. The molecule has 0 aliphatic rings. The molecule has 0 radical (unpaired) electrons. The number of nitrogens with zero attached hydrogens (tertiary/aromatic N) is 2. The number of carbonyl (C=O) groups is 1. The van der Waals surface area contributed by atoms with Gasteiger partial charge in [0.15, 0.2) is 10.1 Å². The number of carbonyl (C=O) groups excluding carboxylic acids is 1. The van der Waals surface area contributed by atoms with Crippen LogP contribution in [-0.2, 0) is 0 Å². The van der Waals surface area contributed by atoms with Gasteiger partial charge < -0.3 is 5.32 Å². The van der Waals surface area contributed by atoms with Gasteiger partial charge in [-0.25, -0.2) is 4.98 Å². The van der Waals surface area contributed by atoms with Crippen LogP contribution in [0.4, 0.5) is 15.8 Å². The third-order valence-electron chi connectivity index (χ3n) is 4.01. The maximum Gasteiger partial charge on any atom is 0.258 e. The summed E-state index contributed by atoms with van der Waals surface area (Å²) in [6.07, 6.45) is 3.54. The van der Waals surface area contributed by atoms with Gasteiger partial charge in [-0.05, 0) is 40.9 Å². The molecule has 0 aliphatic carbocycles. The number of nitroso groups, excluding NO2 is 1. The normalized spacial score (nSPS) is 10.4. The minimum absolute atomic E-state index is 0.226. The quantitative estimate of drug-likeness (QED) is 0.389. The molecule has 0 saturated carbocycles. The molecule has 2 aromatic carbocycles. The smallest absolute Gasteiger partial charge is 0.258 e. The standard InChI is InChI=1S/C20H20N4O2S/c1-2-3-11-21-15-9-10-16(17(12-15)14-7-5-4-6-8-14)19(25)23-20-22-13-18(24-26)27-20/h4-10,12-13,21H,2-3,11H2,1H3,(H,22,23,25). The Hall–Kier alpha value is -3.06. The molecule has 1 heterocycles. The molecule has 1 aromatic heterocycles. The Labute approximate surface area is 161 Å². The van der Waals surface area contributed by atoms with Crippen molar-refractivity contribution in [3.63, 3.8) is 0 Å². The molecule has 0 atom stereocenters. The number of aromatic nitrogens is 1. The second-order valence-corrected chi connectivity index (χ2v) is 6.96. The summed E-state index contributed by atoms with van der Waals surface area (Å²) in [6, 6.07) is 15.5. The third-order valence-corrected chi connectivity index (χ3v) is 4.80. The van der Waals surface area contributed by atoms with Gasteiger partial charge in [-0.3, -0.25) is 10.1 Å². The van der Waals surface area contributed by atoms with E-state index < -0.39 is 0 Å². The molecule has 0 aliphatic heterocycles. The van der Waals surface area contributed by atoms with E-state index in [-0.39, 0.29) is 10.9 Å². The van der Waals surface area contributed by atoms with Crippen molar-refractivity contribution in [2.24, 2.45) is 5.18 Å². The summed E-state index contributed by atoms with van der Waals surface area (Å²) in [4.78, 5) is 27.4. The molecule has 1 amide bonds. The number of thiazole rings is 1. The van der Waals surface area contributed by atoms with E-state index in [1.165, 1.54) is 6.20 Å². The van der Waals surface area contributed by atoms with Crippen molar-refractivity contribution in [2.45, 2.75) is 19.8 Å². The van der Waals surface area contributed by atoms with Crippen molar-refractivity contribution in [1.82, 2.24) is 4.98 Å². The number of nitrogens with one attached hydrogen (secondary N) is 2. The zero-order valence-electron chi connectivity index (χ0n) is 14.9. The van der Waals surface area contributed by atoms with E-state index in [0.29, 0.717) is 10.7 Å². The van der Waals surface area contributed by atoms with Gasteiger partial charge in [0.25, 0.3) is 5.91 Å². The van der Waals surface area contributed by atoms with Gasteiger partial charge in [0, 0.05) is 17.8 Å². The van der Waals surface area contributed by atoms with Crippen LogP contribution in [0.1, 0.15) is 30.1 Å². The van der Waals surface area contributed by atoms with Gasteiger partial charge in [0.05, 0.1) is 6.20 Å². The number of unbranched alkanes of at least 4 members (excludes halogenated alkanes) is 1. The van der Waals surface area contributed by atoms with Crippen molar-refractivity contribution in [3.8, 4) is 11.1 Å². The van der Waals surface area contributed by atoms with Crippen LogP contribution in [0, 0.1) is 4.91 Å². The lowest BCUT2D eigenvalue weighted by Crippen LogP contribution is -2.13. The van der Waals surface area contributed by atoms with Gasteiger partial charge in [-0.2, -0.15) is 0 Å². The molecular weight excluding hydrogens is 360 g/mol. The average Bonchev–Trinajstić information content (AvgIpc) is 3.16. The fourth-order valence-corrected chi connectivity index (χ4v) is 3.24. The number of amides is 1. The minimum Gasteiger partial charge on any atom is -0.385 e. The maximum atomic E-state index is 12.8. The zero-order valence-corrected chi connectivity index (χ0v) is 15.8. The number of anilines is 2. The lowest BCUT2D eigenvalue weighted by atomic mass is 9.98. The highest BCUT2D eigenvalue weighted by Gasteiger charge is 2.15. The highest BCUT2D eigenvalue weighted by Crippen LogP contribution is 2.30. The Bertz CT molecular complexity index is 925. The molecule has 2 N–H and O–H groups in total. The van der Waals surface area contributed by atoms with Crippen molar-refractivity contribution < 1.29 is 4.79 Å². The van der Waals surface area contributed by atoms with Crippen molar-refractivity contribution in [2.75, 3.05) is 17.2 Å². The van der Waals surface area contributed by atoms with Gasteiger partial charge in [-0.15, -0.1) is 4.91 Å². The van der Waals surface area contributed by atoms with Gasteiger partial charge >= 0.3 is 0 Å². The molecular formula is C20H20N4O2S. The summed E-state index contributed by atoms with van der Waals surface area (Å²) >= 11 is 1.04. The monoisotopic (exact) mass is 380 g/mol. The van der Waals surface area contributed by atoms with E-state index in [4.69, 9.17) is 0 Å². The van der Waals surface area contributed by atoms with Crippen LogP contribution in [0.3, 0.4) is 0 Å². The summed E-state index contributed by atoms with van der Waals surface area (Å²) in [5, 5.41) is 9.54. The van der Waals surface area contributed by atoms with E-state index in [1.807, 2.05) is 42.5 Å². The Balaban J connectivity index is 1.90. The Morgan fingerprint density at radius 3 is 2.70 bits per heavy atom. The predicted molar refractivity (Wildman–Crippen MR) is 111 cm³/mol. The lowest BCUT2D eigenvalue weighted by Gasteiger charge is -2.13. The second-order valence-electron chi connectivity index (χ2n) is 5.96. The molecule has 0 unspecified atom stereocenters. The van der Waals surface area contributed by atoms with Gasteiger partial charge in [0.1, 0.15) is 0 Å². The van der Waals surface area contributed by atoms with E-state index in [1.54, 1.807) is 6.07 Å². The number of hydrogen-bond acceptors (Lipinski definition) is 6. The van der Waals surface area contributed by atoms with E-state index in [9.17, 15) is 9.70 Å². The largest absolute Gasteiger partial charge is 0.385 e.